The molecule has 0 rings (SSSR count). The van der Waals surface area contributed by atoms with Gasteiger partial charge in [0.05, 0.1) is 0 Å². The zero-order valence-corrected chi connectivity index (χ0v) is 6.15. The summed E-state index contributed by atoms with van der Waals surface area (Å²) in [7, 11) is 0. The first-order chi connectivity index (χ1) is 3.06. The van der Waals surface area contributed by atoms with Gasteiger partial charge in [-0.05, 0) is 0 Å². The van der Waals surface area contributed by atoms with E-state index in [1.165, 1.54) is 0 Å². The van der Waals surface area contributed by atoms with Crippen molar-refractivity contribution in [3.8, 4) is 0 Å². The van der Waals surface area contributed by atoms with Crippen molar-refractivity contribution in [1.82, 2.24) is 0 Å². The van der Waals surface area contributed by atoms with Crippen molar-refractivity contribution in [2.24, 2.45) is 0 Å². The van der Waals surface area contributed by atoms with Crippen LogP contribution in [-0.4, -0.2) is 14.7 Å². The zero-order chi connectivity index (χ0) is 5.91. The van der Waals surface area contributed by atoms with Crippen LogP contribution in [0.2, 0.25) is 5.25 Å². The standard InChI is InChI=1S/C3H7F3Ge/c1-2-3-7(4,5)6/h2-3H2,1H3. The van der Waals surface area contributed by atoms with Gasteiger partial charge in [-0.15, -0.1) is 0 Å². The Labute approximate surface area is 44.5 Å². The second-order valence-corrected chi connectivity index (χ2v) is 5.00. The van der Waals surface area contributed by atoms with Crippen LogP contribution in [0.25, 0.3) is 0 Å². The van der Waals surface area contributed by atoms with Gasteiger partial charge in [0.25, 0.3) is 0 Å². The van der Waals surface area contributed by atoms with Crippen LogP contribution in [0, 0.1) is 0 Å². The topological polar surface area (TPSA) is 0 Å². The molecule has 0 unspecified atom stereocenters. The maximum absolute atomic E-state index is 11.2. The summed E-state index contributed by atoms with van der Waals surface area (Å²) in [4.78, 5) is 0. The zero-order valence-electron chi connectivity index (χ0n) is 4.05. The van der Waals surface area contributed by atoms with Crippen LogP contribution in [-0.2, 0) is 0 Å². The minimum atomic E-state index is -5.58. The Morgan fingerprint density at radius 1 is 1.29 bits per heavy atom. The first kappa shape index (κ1) is 7.33. The van der Waals surface area contributed by atoms with E-state index in [4.69, 9.17) is 0 Å². The summed E-state index contributed by atoms with van der Waals surface area (Å²) >= 11 is -5.58. The molecule has 0 aliphatic heterocycles. The van der Waals surface area contributed by atoms with Gasteiger partial charge < -0.3 is 0 Å². The summed E-state index contributed by atoms with van der Waals surface area (Å²) in [6.07, 6.45) is 0.267. The predicted octanol–water partition coefficient (Wildman–Crippen LogP) is 2.24. The summed E-state index contributed by atoms with van der Waals surface area (Å²) in [6, 6.07) is 0. The molecule has 4 heteroatoms. The first-order valence-corrected chi connectivity index (χ1v) is 5.99. The van der Waals surface area contributed by atoms with E-state index >= 15 is 0 Å². The molecule has 0 amide bonds. The fourth-order valence-electron chi connectivity index (χ4n) is 0.283. The van der Waals surface area contributed by atoms with Gasteiger partial charge in [0.15, 0.2) is 0 Å². The maximum atomic E-state index is 11.2. The summed E-state index contributed by atoms with van der Waals surface area (Å²) in [5.41, 5.74) is 0. The van der Waals surface area contributed by atoms with E-state index in [1.54, 1.807) is 6.92 Å². The second-order valence-electron chi connectivity index (χ2n) is 1.37. The molecule has 0 aromatic heterocycles. The van der Waals surface area contributed by atoms with Gasteiger partial charge in [0.1, 0.15) is 0 Å². The van der Waals surface area contributed by atoms with Crippen molar-refractivity contribution in [1.29, 1.82) is 0 Å². The number of rotatable bonds is 2. The molecule has 0 fully saturated rings. The van der Waals surface area contributed by atoms with E-state index in [0.29, 0.717) is 0 Å². The van der Waals surface area contributed by atoms with Crippen LogP contribution in [0.3, 0.4) is 0 Å². The van der Waals surface area contributed by atoms with Gasteiger partial charge in [-0.1, -0.05) is 0 Å². The van der Waals surface area contributed by atoms with Crippen molar-refractivity contribution < 1.29 is 10.5 Å². The number of hydrogen-bond acceptors (Lipinski definition) is 0. The molecule has 0 aliphatic carbocycles. The van der Waals surface area contributed by atoms with E-state index in [-0.39, 0.29) is 6.42 Å². The van der Waals surface area contributed by atoms with Crippen LogP contribution in [0.1, 0.15) is 13.3 Å². The van der Waals surface area contributed by atoms with Gasteiger partial charge >= 0.3 is 43.8 Å². The third-order valence-corrected chi connectivity index (χ3v) is 2.77. The van der Waals surface area contributed by atoms with Gasteiger partial charge in [-0.2, -0.15) is 0 Å². The van der Waals surface area contributed by atoms with Crippen molar-refractivity contribution in [2.45, 2.75) is 18.6 Å². The third kappa shape index (κ3) is 6.33. The van der Waals surface area contributed by atoms with E-state index in [1.807, 2.05) is 0 Å². The normalized spacial score (nSPS) is 12.0. The molecule has 0 saturated carbocycles. The van der Waals surface area contributed by atoms with E-state index in [0.717, 1.165) is 0 Å². The molecule has 7 heavy (non-hydrogen) atoms. The average molecular weight is 173 g/mol. The molecule has 0 aromatic rings. The molecule has 0 heterocycles. The average Bonchev–Trinajstić information content (AvgIpc) is 1.30. The molecule has 0 aromatic carbocycles. The number of hydrogen-bond donors (Lipinski definition) is 0. The predicted molar refractivity (Wildman–Crippen MR) is 24.2 cm³/mol. The molecular formula is C3H7F3Ge. The van der Waals surface area contributed by atoms with E-state index in [2.05, 4.69) is 0 Å². The molecule has 0 saturated heterocycles. The molecule has 0 spiro atoms. The molecule has 0 bridgehead atoms. The van der Waals surface area contributed by atoms with Crippen LogP contribution in [0.15, 0.2) is 0 Å². The van der Waals surface area contributed by atoms with E-state index in [9.17, 15) is 10.5 Å². The third-order valence-electron chi connectivity index (χ3n) is 0.533. The molecule has 0 aliphatic rings. The minimum absolute atomic E-state index is 0.267. The molecule has 0 nitrogen and oxygen atoms in total. The Morgan fingerprint density at radius 3 is 1.71 bits per heavy atom. The molecule has 44 valence electrons. The summed E-state index contributed by atoms with van der Waals surface area (Å²) in [5, 5.41) is -0.472. The summed E-state index contributed by atoms with van der Waals surface area (Å²) in [6.45, 7) is 1.55. The molecular weight excluding hydrogens is 166 g/mol. The fraction of sp³-hybridized carbons (Fsp3) is 1.00. The van der Waals surface area contributed by atoms with Crippen LogP contribution >= 0.6 is 0 Å². The molecule has 0 N–H and O–H groups in total. The molecule has 0 radical (unpaired) electrons. The SMILES string of the molecule is CC[CH2][Ge]([F])([F])[F]. The number of halogens is 3. The van der Waals surface area contributed by atoms with Gasteiger partial charge in [0.2, 0.25) is 0 Å². The summed E-state index contributed by atoms with van der Waals surface area (Å²) in [5.74, 6) is 0. The fourth-order valence-corrected chi connectivity index (χ4v) is 1.47. The van der Waals surface area contributed by atoms with Crippen LogP contribution in [0.5, 0.6) is 0 Å². The Hall–Kier alpha value is 0.333. The van der Waals surface area contributed by atoms with Gasteiger partial charge in [0, 0.05) is 0 Å². The Kier molecular flexibility index (Phi) is 2.72. The summed E-state index contributed by atoms with van der Waals surface area (Å²) < 4.78 is 33.7. The Bertz CT molecular complexity index is 48.6. The monoisotopic (exact) mass is 174 g/mol. The Morgan fingerprint density at radius 2 is 1.71 bits per heavy atom. The first-order valence-electron chi connectivity index (χ1n) is 2.13. The van der Waals surface area contributed by atoms with Gasteiger partial charge in [-0.25, -0.2) is 0 Å². The van der Waals surface area contributed by atoms with Gasteiger partial charge in [-0.3, -0.25) is 0 Å². The van der Waals surface area contributed by atoms with Crippen molar-refractivity contribution in [3.63, 3.8) is 0 Å². The van der Waals surface area contributed by atoms with Crippen LogP contribution < -0.4 is 0 Å². The van der Waals surface area contributed by atoms with Crippen molar-refractivity contribution in [2.75, 3.05) is 0 Å². The van der Waals surface area contributed by atoms with Crippen LogP contribution in [0.4, 0.5) is 10.5 Å². The quantitative estimate of drug-likeness (QED) is 0.561. The van der Waals surface area contributed by atoms with E-state index < -0.39 is 19.9 Å². The molecule has 0 atom stereocenters. The Balaban J connectivity index is 3.15. The second kappa shape index (κ2) is 2.59. The van der Waals surface area contributed by atoms with Crippen molar-refractivity contribution >= 4 is 14.7 Å². The van der Waals surface area contributed by atoms with Crippen molar-refractivity contribution in [3.05, 3.63) is 0 Å².